The van der Waals surface area contributed by atoms with Gasteiger partial charge in [-0.3, -0.25) is 4.99 Å². The van der Waals surface area contributed by atoms with Gasteiger partial charge in [0.25, 0.3) is 0 Å². The lowest BCUT2D eigenvalue weighted by Gasteiger charge is -2.39. The van der Waals surface area contributed by atoms with E-state index >= 15 is 0 Å². The van der Waals surface area contributed by atoms with Gasteiger partial charge in [-0.2, -0.15) is 11.8 Å². The molecule has 1 fully saturated rings. The van der Waals surface area contributed by atoms with Crippen molar-refractivity contribution < 1.29 is 4.42 Å². The summed E-state index contributed by atoms with van der Waals surface area (Å²) in [4.78, 5) is 6.77. The quantitative estimate of drug-likeness (QED) is 0.450. The van der Waals surface area contributed by atoms with Crippen molar-refractivity contribution in [1.29, 1.82) is 0 Å². The number of nitrogens with one attached hydrogen (secondary N) is 1. The van der Waals surface area contributed by atoms with Gasteiger partial charge < -0.3 is 14.6 Å². The highest BCUT2D eigenvalue weighted by Crippen LogP contribution is 2.29. The molecule has 120 valence electrons. The smallest absolute Gasteiger partial charge is 0.193 e. The van der Waals surface area contributed by atoms with Gasteiger partial charge in [-0.25, -0.2) is 0 Å². The lowest BCUT2D eigenvalue weighted by molar-refractivity contribution is 0.375. The number of halogens is 1. The Hall–Kier alpha value is -0.370. The Morgan fingerprint density at radius 3 is 2.71 bits per heavy atom. The molecule has 1 aromatic heterocycles. The molecule has 1 aliphatic rings. The van der Waals surface area contributed by atoms with Gasteiger partial charge >= 0.3 is 0 Å². The van der Waals surface area contributed by atoms with Crippen molar-refractivity contribution in [1.82, 2.24) is 10.2 Å². The molecule has 0 unspecified atom stereocenters. The zero-order valence-corrected chi connectivity index (χ0v) is 16.7. The van der Waals surface area contributed by atoms with Crippen LogP contribution in [-0.4, -0.2) is 41.5 Å². The van der Waals surface area contributed by atoms with Crippen LogP contribution < -0.4 is 5.32 Å². The average Bonchev–Trinajstić information content (AvgIpc) is 2.67. The predicted octanol–water partition coefficient (Wildman–Crippen LogP) is 3.42. The lowest BCUT2D eigenvalue weighted by Crippen LogP contribution is -2.50. The highest BCUT2D eigenvalue weighted by Gasteiger charge is 2.28. The molecule has 0 spiro atoms. The Kier molecular flexibility index (Phi) is 6.90. The minimum atomic E-state index is 0. The number of furan rings is 1. The van der Waals surface area contributed by atoms with Crippen molar-refractivity contribution in [2.45, 2.75) is 39.0 Å². The number of thioether (sulfide) groups is 1. The number of hydrogen-bond acceptors (Lipinski definition) is 3. The monoisotopic (exact) mass is 423 g/mol. The molecule has 0 amide bonds. The molecule has 0 atom stereocenters. The number of guanidine groups is 1. The van der Waals surface area contributed by atoms with E-state index in [1.807, 2.05) is 32.7 Å². The highest BCUT2D eigenvalue weighted by molar-refractivity contribution is 14.0. The van der Waals surface area contributed by atoms with E-state index in [-0.39, 0.29) is 28.7 Å². The van der Waals surface area contributed by atoms with Crippen LogP contribution in [0.1, 0.15) is 30.9 Å². The topological polar surface area (TPSA) is 40.8 Å². The number of hydrogen-bond donors (Lipinski definition) is 1. The van der Waals surface area contributed by atoms with E-state index in [2.05, 4.69) is 35.1 Å². The molecule has 4 nitrogen and oxygen atoms in total. The first kappa shape index (κ1) is 18.7. The highest BCUT2D eigenvalue weighted by atomic mass is 127. The Bertz CT molecular complexity index is 499. The maximum Gasteiger partial charge on any atom is 0.193 e. The minimum absolute atomic E-state index is 0. The standard InChI is InChI=1S/C15H25N3OS.HI/c1-11-8-13(12(2)19-11)9-17-14(16-5)18-6-7-20-15(3,4)10-18;/h8H,6-7,9-10H2,1-5H3,(H,16,17);1H. The molecule has 1 saturated heterocycles. The molecule has 2 heterocycles. The van der Waals surface area contributed by atoms with Crippen molar-refractivity contribution in [3.63, 3.8) is 0 Å². The molecule has 1 aliphatic heterocycles. The predicted molar refractivity (Wildman–Crippen MR) is 102 cm³/mol. The minimum Gasteiger partial charge on any atom is -0.466 e. The van der Waals surface area contributed by atoms with E-state index in [4.69, 9.17) is 4.42 Å². The molecule has 0 radical (unpaired) electrons. The Labute approximate surface area is 149 Å². The fourth-order valence-electron chi connectivity index (χ4n) is 2.56. The van der Waals surface area contributed by atoms with Crippen LogP contribution in [0.4, 0.5) is 0 Å². The lowest BCUT2D eigenvalue weighted by atomic mass is 10.2. The van der Waals surface area contributed by atoms with Crippen LogP contribution >= 0.6 is 35.7 Å². The summed E-state index contributed by atoms with van der Waals surface area (Å²) in [6.07, 6.45) is 0. The Morgan fingerprint density at radius 1 is 1.48 bits per heavy atom. The van der Waals surface area contributed by atoms with Gasteiger partial charge in [0.15, 0.2) is 5.96 Å². The van der Waals surface area contributed by atoms with E-state index in [0.29, 0.717) is 0 Å². The van der Waals surface area contributed by atoms with Gasteiger partial charge in [-0.1, -0.05) is 0 Å². The van der Waals surface area contributed by atoms with Gasteiger partial charge in [0.2, 0.25) is 0 Å². The molecule has 21 heavy (non-hydrogen) atoms. The second-order valence-electron chi connectivity index (χ2n) is 5.87. The second-order valence-corrected chi connectivity index (χ2v) is 7.67. The van der Waals surface area contributed by atoms with E-state index in [1.165, 1.54) is 5.56 Å². The SMILES string of the molecule is CN=C(NCc1cc(C)oc1C)N1CCSC(C)(C)C1.I. The molecule has 0 bridgehead atoms. The summed E-state index contributed by atoms with van der Waals surface area (Å²) in [7, 11) is 1.85. The largest absolute Gasteiger partial charge is 0.466 e. The molecule has 6 heteroatoms. The van der Waals surface area contributed by atoms with Crippen LogP contribution in [0.3, 0.4) is 0 Å². The first-order valence-corrected chi connectivity index (χ1v) is 8.05. The van der Waals surface area contributed by atoms with E-state index in [0.717, 1.165) is 42.9 Å². The third kappa shape index (κ3) is 5.09. The number of aliphatic imine (C=N–C) groups is 1. The van der Waals surface area contributed by atoms with E-state index in [9.17, 15) is 0 Å². The third-order valence-electron chi connectivity index (χ3n) is 3.52. The summed E-state index contributed by atoms with van der Waals surface area (Å²) in [5.41, 5.74) is 1.20. The van der Waals surface area contributed by atoms with Crippen LogP contribution in [0.2, 0.25) is 0 Å². The zero-order chi connectivity index (χ0) is 14.8. The number of nitrogens with zero attached hydrogens (tertiary/aromatic N) is 2. The van der Waals surface area contributed by atoms with Gasteiger partial charge in [0.1, 0.15) is 11.5 Å². The molecule has 0 aliphatic carbocycles. The molecule has 0 saturated carbocycles. The van der Waals surface area contributed by atoms with Crippen LogP contribution in [0.15, 0.2) is 15.5 Å². The fourth-order valence-corrected chi connectivity index (χ4v) is 3.67. The third-order valence-corrected chi connectivity index (χ3v) is 4.81. The van der Waals surface area contributed by atoms with Crippen molar-refractivity contribution in [3.05, 3.63) is 23.2 Å². The van der Waals surface area contributed by atoms with Crippen molar-refractivity contribution in [2.24, 2.45) is 4.99 Å². The summed E-state index contributed by atoms with van der Waals surface area (Å²) in [5, 5.41) is 3.45. The average molecular weight is 423 g/mol. The summed E-state index contributed by atoms with van der Waals surface area (Å²) >= 11 is 2.03. The second kappa shape index (κ2) is 7.76. The summed E-state index contributed by atoms with van der Waals surface area (Å²) < 4.78 is 5.85. The Morgan fingerprint density at radius 2 is 2.19 bits per heavy atom. The van der Waals surface area contributed by atoms with Gasteiger partial charge in [-0.15, -0.1) is 24.0 Å². The maximum absolute atomic E-state index is 5.56. The van der Waals surface area contributed by atoms with Gasteiger partial charge in [0, 0.05) is 42.7 Å². The van der Waals surface area contributed by atoms with Crippen molar-refractivity contribution in [3.8, 4) is 0 Å². The summed E-state index contributed by atoms with van der Waals surface area (Å²) in [6.45, 7) is 11.4. The summed E-state index contributed by atoms with van der Waals surface area (Å²) in [5.74, 6) is 4.08. The zero-order valence-electron chi connectivity index (χ0n) is 13.5. The first-order chi connectivity index (χ1) is 9.41. The molecule has 1 N–H and O–H groups in total. The van der Waals surface area contributed by atoms with E-state index in [1.54, 1.807) is 0 Å². The van der Waals surface area contributed by atoms with E-state index < -0.39 is 0 Å². The van der Waals surface area contributed by atoms with Crippen LogP contribution in [0, 0.1) is 13.8 Å². The maximum atomic E-state index is 5.56. The number of rotatable bonds is 2. The van der Waals surface area contributed by atoms with Crippen LogP contribution in [0.25, 0.3) is 0 Å². The van der Waals surface area contributed by atoms with Crippen molar-refractivity contribution in [2.75, 3.05) is 25.9 Å². The van der Waals surface area contributed by atoms with Crippen molar-refractivity contribution >= 4 is 41.7 Å². The fraction of sp³-hybridized carbons (Fsp3) is 0.667. The molecular formula is C15H26IN3OS. The normalized spacial score (nSPS) is 18.3. The molecule has 2 rings (SSSR count). The van der Waals surface area contributed by atoms with Crippen LogP contribution in [0.5, 0.6) is 0 Å². The first-order valence-electron chi connectivity index (χ1n) is 7.07. The van der Waals surface area contributed by atoms with Crippen LogP contribution in [-0.2, 0) is 6.54 Å². The molecular weight excluding hydrogens is 397 g/mol. The van der Waals surface area contributed by atoms with Gasteiger partial charge in [-0.05, 0) is 33.8 Å². The van der Waals surface area contributed by atoms with Gasteiger partial charge in [0.05, 0.1) is 0 Å². The molecule has 1 aromatic rings. The molecule has 0 aromatic carbocycles. The summed E-state index contributed by atoms with van der Waals surface area (Å²) in [6, 6.07) is 2.09. The Balaban J connectivity index is 0.00000220. The number of aryl methyl sites for hydroxylation is 2.